The minimum Gasteiger partial charge on any atom is -0.456 e. The van der Waals surface area contributed by atoms with Gasteiger partial charge in [0.05, 0.1) is 0 Å². The van der Waals surface area contributed by atoms with E-state index in [4.69, 9.17) is 4.74 Å². The molecular weight excluding hydrogens is 427 g/mol. The molecule has 3 rings (SSSR count). The van der Waals surface area contributed by atoms with E-state index in [9.17, 15) is 22.8 Å². The molecule has 0 aliphatic carbocycles. The molecule has 0 aliphatic heterocycles. The first-order valence-electron chi connectivity index (χ1n) is 9.78. The second-order valence-corrected chi connectivity index (χ2v) is 7.49. The van der Waals surface area contributed by atoms with E-state index >= 15 is 0 Å². The summed E-state index contributed by atoms with van der Waals surface area (Å²) in [5.74, 6) is -2.53. The van der Waals surface area contributed by atoms with Crippen LogP contribution in [0.3, 0.4) is 0 Å². The molecule has 0 radical (unpaired) electrons. The molecule has 170 valence electrons. The van der Waals surface area contributed by atoms with Crippen molar-refractivity contribution in [3.63, 3.8) is 0 Å². The third-order valence-corrected chi connectivity index (χ3v) is 4.75. The van der Waals surface area contributed by atoms with E-state index in [1.165, 1.54) is 0 Å². The zero-order chi connectivity index (χ0) is 23.6. The number of alkyl halides is 3. The highest BCUT2D eigenvalue weighted by Crippen LogP contribution is 2.27. The number of esters is 1. The Morgan fingerprint density at radius 1 is 1.06 bits per heavy atom. The van der Waals surface area contributed by atoms with Crippen molar-refractivity contribution in [2.24, 2.45) is 0 Å². The molecule has 1 N–H and O–H groups in total. The molecule has 8 nitrogen and oxygen atoms in total. The summed E-state index contributed by atoms with van der Waals surface area (Å²) >= 11 is 0. The zero-order valence-corrected chi connectivity index (χ0v) is 18.0. The van der Waals surface area contributed by atoms with Gasteiger partial charge in [0.1, 0.15) is 0 Å². The second-order valence-electron chi connectivity index (χ2n) is 7.49. The number of fused-ring (bicyclic) bond motifs is 1. The molecule has 2 aromatic heterocycles. The van der Waals surface area contributed by atoms with Crippen molar-refractivity contribution in [1.82, 2.24) is 19.6 Å². The maximum absolute atomic E-state index is 12.9. The Labute approximate surface area is 181 Å². The Balaban J connectivity index is 1.60. The van der Waals surface area contributed by atoms with Gasteiger partial charge in [-0.25, -0.2) is 9.50 Å². The second kappa shape index (κ2) is 8.93. The van der Waals surface area contributed by atoms with Crippen molar-refractivity contribution in [2.75, 3.05) is 11.9 Å². The van der Waals surface area contributed by atoms with Crippen LogP contribution in [0.4, 0.5) is 18.9 Å². The number of carbonyl (C=O) groups excluding carboxylic acids is 2. The lowest BCUT2D eigenvalue weighted by Crippen LogP contribution is -2.21. The van der Waals surface area contributed by atoms with E-state index < -0.39 is 30.5 Å². The minimum absolute atomic E-state index is 0.0769. The third-order valence-electron chi connectivity index (χ3n) is 4.75. The lowest BCUT2D eigenvalue weighted by molar-refractivity contribution is -0.147. The number of aryl methyl sites for hydroxylation is 4. The maximum atomic E-state index is 12.9. The van der Waals surface area contributed by atoms with Gasteiger partial charge in [-0.1, -0.05) is 6.07 Å². The topological polar surface area (TPSA) is 98.5 Å². The smallest absolute Gasteiger partial charge is 0.453 e. The normalized spacial score (nSPS) is 11.6. The van der Waals surface area contributed by atoms with Crippen molar-refractivity contribution < 1.29 is 27.5 Å². The number of nitrogens with zero attached hydrogens (tertiary/aromatic N) is 4. The summed E-state index contributed by atoms with van der Waals surface area (Å²) in [7, 11) is 0. The molecule has 0 spiro atoms. The Kier molecular flexibility index (Phi) is 6.47. The number of benzene rings is 1. The molecule has 32 heavy (non-hydrogen) atoms. The van der Waals surface area contributed by atoms with Crippen LogP contribution >= 0.6 is 0 Å². The number of anilines is 1. The largest absolute Gasteiger partial charge is 0.456 e. The van der Waals surface area contributed by atoms with Gasteiger partial charge in [-0.05, 0) is 62.9 Å². The minimum atomic E-state index is -4.68. The first-order chi connectivity index (χ1) is 14.9. The summed E-state index contributed by atoms with van der Waals surface area (Å²) < 4.78 is 44.7. The van der Waals surface area contributed by atoms with Crippen molar-refractivity contribution in [2.45, 2.75) is 46.7 Å². The molecule has 0 saturated carbocycles. The van der Waals surface area contributed by atoms with Gasteiger partial charge < -0.3 is 10.1 Å². The summed E-state index contributed by atoms with van der Waals surface area (Å²) in [5, 5.41) is 6.14. The van der Waals surface area contributed by atoms with Crippen LogP contribution in [0.15, 0.2) is 18.2 Å². The molecule has 0 fully saturated rings. The van der Waals surface area contributed by atoms with E-state index in [-0.39, 0.29) is 18.6 Å². The van der Waals surface area contributed by atoms with E-state index in [0.29, 0.717) is 22.6 Å². The number of nitrogens with one attached hydrogen (secondary N) is 1. The molecule has 1 aromatic carbocycles. The van der Waals surface area contributed by atoms with Crippen LogP contribution in [-0.2, 0) is 26.9 Å². The van der Waals surface area contributed by atoms with E-state index in [1.807, 2.05) is 19.9 Å². The Hall–Kier alpha value is -3.50. The fraction of sp³-hybridized carbons (Fsp3) is 0.381. The number of aromatic nitrogens is 4. The van der Waals surface area contributed by atoms with Crippen molar-refractivity contribution in [3.05, 3.63) is 52.1 Å². The van der Waals surface area contributed by atoms with Crippen molar-refractivity contribution in [3.8, 4) is 0 Å². The summed E-state index contributed by atoms with van der Waals surface area (Å²) in [5.41, 5.74) is 3.99. The number of carbonyl (C=O) groups is 2. The first-order valence-corrected chi connectivity index (χ1v) is 9.78. The summed E-state index contributed by atoms with van der Waals surface area (Å²) in [4.78, 5) is 31.6. The number of halogens is 3. The summed E-state index contributed by atoms with van der Waals surface area (Å²) in [6.07, 6.45) is -4.60. The quantitative estimate of drug-likeness (QED) is 0.579. The molecule has 11 heteroatoms. The Morgan fingerprint density at radius 2 is 1.72 bits per heavy atom. The number of amides is 1. The highest BCUT2D eigenvalue weighted by molar-refractivity contribution is 5.93. The maximum Gasteiger partial charge on any atom is 0.453 e. The standard InChI is InChI=1S/C21H22F3N5O3/c1-11-7-12(2)9-15(8-11)26-17(30)10-32-18(31)6-5-16-13(3)25-20-27-19(21(22,23)24)28-29(20)14(16)4/h7-9H,5-6,10H2,1-4H3,(H,26,30). The molecule has 0 unspecified atom stereocenters. The van der Waals surface area contributed by atoms with Gasteiger partial charge in [-0.2, -0.15) is 18.2 Å². The van der Waals surface area contributed by atoms with Crippen LogP contribution in [0.2, 0.25) is 0 Å². The molecule has 0 bridgehead atoms. The fourth-order valence-corrected chi connectivity index (χ4v) is 3.38. The third kappa shape index (κ3) is 5.40. The monoisotopic (exact) mass is 449 g/mol. The van der Waals surface area contributed by atoms with Crippen molar-refractivity contribution in [1.29, 1.82) is 0 Å². The van der Waals surface area contributed by atoms with Crippen LogP contribution < -0.4 is 5.32 Å². The predicted molar refractivity (Wildman–Crippen MR) is 109 cm³/mol. The SMILES string of the molecule is Cc1cc(C)cc(NC(=O)COC(=O)CCc2c(C)nc3nc(C(F)(F)F)nn3c2C)c1. The van der Waals surface area contributed by atoms with Gasteiger partial charge in [-0.3, -0.25) is 9.59 Å². The van der Waals surface area contributed by atoms with Crippen LogP contribution in [0.1, 0.15) is 40.3 Å². The zero-order valence-electron chi connectivity index (χ0n) is 18.0. The average molecular weight is 449 g/mol. The van der Waals surface area contributed by atoms with Gasteiger partial charge in [0.15, 0.2) is 6.61 Å². The Bertz CT molecular complexity index is 1170. The molecule has 0 saturated heterocycles. The molecular formula is C21H22F3N5O3. The molecule has 1 amide bonds. The van der Waals surface area contributed by atoms with Crippen molar-refractivity contribution >= 4 is 23.3 Å². The lowest BCUT2D eigenvalue weighted by atomic mass is 10.1. The number of hydrogen-bond acceptors (Lipinski definition) is 6. The van der Waals surface area contributed by atoms with Gasteiger partial charge in [0, 0.05) is 23.5 Å². The van der Waals surface area contributed by atoms with Crippen LogP contribution in [0, 0.1) is 27.7 Å². The Morgan fingerprint density at radius 3 is 2.34 bits per heavy atom. The molecule has 3 aromatic rings. The highest BCUT2D eigenvalue weighted by Gasteiger charge is 2.37. The van der Waals surface area contributed by atoms with Gasteiger partial charge in [0.25, 0.3) is 17.5 Å². The van der Waals surface area contributed by atoms with Crippen LogP contribution in [0.25, 0.3) is 5.78 Å². The molecule has 0 aliphatic rings. The number of ether oxygens (including phenoxy) is 1. The molecule has 0 atom stereocenters. The summed E-state index contributed by atoms with van der Waals surface area (Å²) in [6, 6.07) is 5.57. The average Bonchev–Trinajstić information content (AvgIpc) is 3.10. The van der Waals surface area contributed by atoms with Crippen LogP contribution in [-0.4, -0.2) is 38.1 Å². The fourth-order valence-electron chi connectivity index (χ4n) is 3.38. The lowest BCUT2D eigenvalue weighted by Gasteiger charge is -2.11. The predicted octanol–water partition coefficient (Wildman–Crippen LogP) is 3.49. The van der Waals surface area contributed by atoms with Gasteiger partial charge >= 0.3 is 12.1 Å². The highest BCUT2D eigenvalue weighted by atomic mass is 19.4. The summed E-state index contributed by atoms with van der Waals surface area (Å²) in [6.45, 7) is 6.56. The van der Waals surface area contributed by atoms with E-state index in [1.54, 1.807) is 26.0 Å². The molecule has 2 heterocycles. The first kappa shape index (κ1) is 23.2. The van der Waals surface area contributed by atoms with Gasteiger partial charge in [-0.15, -0.1) is 5.10 Å². The van der Waals surface area contributed by atoms with E-state index in [0.717, 1.165) is 15.6 Å². The van der Waals surface area contributed by atoms with Crippen LogP contribution in [0.5, 0.6) is 0 Å². The van der Waals surface area contributed by atoms with E-state index in [2.05, 4.69) is 20.4 Å². The number of rotatable bonds is 6. The number of hydrogen-bond donors (Lipinski definition) is 1. The van der Waals surface area contributed by atoms with Gasteiger partial charge in [0.2, 0.25) is 0 Å².